The quantitative estimate of drug-likeness (QED) is 0.569. The van der Waals surface area contributed by atoms with Crippen molar-refractivity contribution in [3.63, 3.8) is 0 Å². The van der Waals surface area contributed by atoms with Crippen LogP contribution in [0.3, 0.4) is 0 Å². The van der Waals surface area contributed by atoms with Crippen LogP contribution >= 0.6 is 23.1 Å². The van der Waals surface area contributed by atoms with Crippen LogP contribution in [-0.2, 0) is 11.3 Å². The lowest BCUT2D eigenvalue weighted by molar-refractivity contribution is -0.120. The summed E-state index contributed by atoms with van der Waals surface area (Å²) in [4.78, 5) is 32.1. The molecule has 1 N–H and O–H groups in total. The molecule has 0 radical (unpaired) electrons. The molecule has 0 aliphatic heterocycles. The summed E-state index contributed by atoms with van der Waals surface area (Å²) in [5, 5.41) is 3.99. The summed E-state index contributed by atoms with van der Waals surface area (Å²) in [7, 11) is 0. The van der Waals surface area contributed by atoms with Gasteiger partial charge in [-0.25, -0.2) is 4.98 Å². The number of aromatic nitrogens is 2. The molecule has 2 aromatic rings. The number of fused-ring (bicyclic) bond motifs is 1. The van der Waals surface area contributed by atoms with E-state index < -0.39 is 0 Å². The van der Waals surface area contributed by atoms with Gasteiger partial charge in [0.1, 0.15) is 4.83 Å². The van der Waals surface area contributed by atoms with Crippen LogP contribution in [0.1, 0.15) is 45.1 Å². The molecule has 7 heteroatoms. The average molecular weight is 396 g/mol. The third-order valence-corrected chi connectivity index (χ3v) is 6.33. The van der Waals surface area contributed by atoms with Gasteiger partial charge in [0.2, 0.25) is 5.91 Å². The molecule has 0 saturated heterocycles. The molecule has 2 aromatic heterocycles. The van der Waals surface area contributed by atoms with E-state index in [1.54, 1.807) is 15.9 Å². The minimum atomic E-state index is -0.307. The second-order valence-electron chi connectivity index (χ2n) is 7.57. The normalized spacial score (nSPS) is 13.0. The van der Waals surface area contributed by atoms with E-state index in [4.69, 9.17) is 4.98 Å². The largest absolute Gasteiger partial charge is 0.355 e. The SMILES string of the molecule is Cc1sc2nc(S[C@H](C)C(=O)NCC(C)C)n(CC(C)C)c(=O)c2c1C. The van der Waals surface area contributed by atoms with Gasteiger partial charge in [-0.05, 0) is 38.2 Å². The highest BCUT2D eigenvalue weighted by Gasteiger charge is 2.21. The number of nitrogens with one attached hydrogen (secondary N) is 1. The minimum absolute atomic E-state index is 0.00263. The van der Waals surface area contributed by atoms with Crippen molar-refractivity contribution in [3.8, 4) is 0 Å². The molecule has 0 aliphatic rings. The molecule has 5 nitrogen and oxygen atoms in total. The van der Waals surface area contributed by atoms with Crippen molar-refractivity contribution < 1.29 is 4.79 Å². The van der Waals surface area contributed by atoms with Gasteiger partial charge in [-0.2, -0.15) is 0 Å². The number of amides is 1. The van der Waals surface area contributed by atoms with Gasteiger partial charge in [-0.3, -0.25) is 14.2 Å². The van der Waals surface area contributed by atoms with Crippen molar-refractivity contribution in [2.75, 3.05) is 6.54 Å². The van der Waals surface area contributed by atoms with Gasteiger partial charge >= 0.3 is 0 Å². The van der Waals surface area contributed by atoms with Crippen LogP contribution in [0.4, 0.5) is 0 Å². The van der Waals surface area contributed by atoms with E-state index in [2.05, 4.69) is 33.0 Å². The fourth-order valence-corrected chi connectivity index (χ4v) is 4.60. The summed E-state index contributed by atoms with van der Waals surface area (Å²) in [6.07, 6.45) is 0. The number of nitrogens with zero attached hydrogens (tertiary/aromatic N) is 2. The zero-order valence-electron chi connectivity index (χ0n) is 16.7. The summed E-state index contributed by atoms with van der Waals surface area (Å²) in [6.45, 7) is 15.4. The lowest BCUT2D eigenvalue weighted by atomic mass is 10.2. The van der Waals surface area contributed by atoms with Crippen LogP contribution in [0, 0.1) is 25.7 Å². The van der Waals surface area contributed by atoms with Gasteiger partial charge in [-0.15, -0.1) is 11.3 Å². The highest BCUT2D eigenvalue weighted by molar-refractivity contribution is 8.00. The van der Waals surface area contributed by atoms with E-state index >= 15 is 0 Å². The first-order valence-electron chi connectivity index (χ1n) is 9.06. The number of hydrogen-bond donors (Lipinski definition) is 1. The molecule has 0 fully saturated rings. The molecule has 144 valence electrons. The molecule has 26 heavy (non-hydrogen) atoms. The summed E-state index contributed by atoms with van der Waals surface area (Å²) in [5.74, 6) is 0.700. The number of carbonyl (C=O) groups is 1. The summed E-state index contributed by atoms with van der Waals surface area (Å²) in [6, 6.07) is 0. The third-order valence-electron chi connectivity index (χ3n) is 4.14. The predicted octanol–water partition coefficient (Wildman–Crippen LogP) is 3.98. The standard InChI is InChI=1S/C19H29N3O2S2/c1-10(2)8-20-16(23)14(7)26-19-21-17-15(12(5)13(6)25-17)18(24)22(19)9-11(3)4/h10-11,14H,8-9H2,1-7H3,(H,20,23)/t14-/m1/s1. The fourth-order valence-electron chi connectivity index (χ4n) is 2.58. The zero-order valence-corrected chi connectivity index (χ0v) is 18.3. The van der Waals surface area contributed by atoms with Crippen molar-refractivity contribution in [2.24, 2.45) is 11.8 Å². The van der Waals surface area contributed by atoms with E-state index in [0.717, 1.165) is 20.7 Å². The molecule has 2 rings (SSSR count). The molecule has 1 atom stereocenters. The van der Waals surface area contributed by atoms with Gasteiger partial charge < -0.3 is 5.32 Å². The summed E-state index contributed by atoms with van der Waals surface area (Å²) < 4.78 is 1.74. The first kappa shape index (κ1) is 21.0. The highest BCUT2D eigenvalue weighted by atomic mass is 32.2. The van der Waals surface area contributed by atoms with E-state index in [1.165, 1.54) is 11.8 Å². The predicted molar refractivity (Wildman–Crippen MR) is 111 cm³/mol. The number of thiophene rings is 1. The van der Waals surface area contributed by atoms with Crippen molar-refractivity contribution in [1.29, 1.82) is 0 Å². The second-order valence-corrected chi connectivity index (χ2v) is 10.1. The first-order valence-corrected chi connectivity index (χ1v) is 10.8. The number of aryl methyl sites for hydroxylation is 2. The fraction of sp³-hybridized carbons (Fsp3) is 0.632. The van der Waals surface area contributed by atoms with E-state index in [-0.39, 0.29) is 16.7 Å². The van der Waals surface area contributed by atoms with E-state index in [1.807, 2.05) is 20.8 Å². The van der Waals surface area contributed by atoms with Crippen LogP contribution in [-0.4, -0.2) is 27.3 Å². The molecule has 0 unspecified atom stereocenters. The van der Waals surface area contributed by atoms with Gasteiger partial charge in [0, 0.05) is 18.0 Å². The van der Waals surface area contributed by atoms with Gasteiger partial charge in [0.15, 0.2) is 5.16 Å². The number of thioether (sulfide) groups is 1. The Morgan fingerprint density at radius 3 is 2.42 bits per heavy atom. The lowest BCUT2D eigenvalue weighted by Crippen LogP contribution is -2.34. The Bertz CT molecular complexity index is 853. The molecular formula is C19H29N3O2S2. The molecule has 0 aliphatic carbocycles. The number of rotatable bonds is 7. The van der Waals surface area contributed by atoms with Gasteiger partial charge in [-0.1, -0.05) is 39.5 Å². The average Bonchev–Trinajstić information content (AvgIpc) is 2.82. The summed E-state index contributed by atoms with van der Waals surface area (Å²) in [5.41, 5.74) is 1.02. The van der Waals surface area contributed by atoms with Crippen molar-refractivity contribution in [1.82, 2.24) is 14.9 Å². The Morgan fingerprint density at radius 1 is 1.19 bits per heavy atom. The van der Waals surface area contributed by atoms with E-state index in [9.17, 15) is 9.59 Å². The molecule has 0 bridgehead atoms. The van der Waals surface area contributed by atoms with Gasteiger partial charge in [0.25, 0.3) is 5.56 Å². The van der Waals surface area contributed by atoms with Crippen LogP contribution in [0.15, 0.2) is 9.95 Å². The first-order chi connectivity index (χ1) is 12.1. The third kappa shape index (κ3) is 4.68. The molecule has 1 amide bonds. The van der Waals surface area contributed by atoms with E-state index in [0.29, 0.717) is 30.1 Å². The Labute approximate surface area is 163 Å². The Hall–Kier alpha value is -1.34. The zero-order chi connectivity index (χ0) is 19.6. The Kier molecular flexibility index (Phi) is 6.91. The minimum Gasteiger partial charge on any atom is -0.355 e. The molecular weight excluding hydrogens is 366 g/mol. The van der Waals surface area contributed by atoms with Crippen molar-refractivity contribution in [3.05, 3.63) is 20.8 Å². The molecule has 0 spiro atoms. The van der Waals surface area contributed by atoms with Crippen LogP contribution in [0.5, 0.6) is 0 Å². The highest BCUT2D eigenvalue weighted by Crippen LogP contribution is 2.30. The molecule has 0 aromatic carbocycles. The lowest BCUT2D eigenvalue weighted by Gasteiger charge is -2.17. The maximum atomic E-state index is 13.1. The monoisotopic (exact) mass is 395 g/mol. The van der Waals surface area contributed by atoms with Crippen molar-refractivity contribution >= 4 is 39.2 Å². The maximum Gasteiger partial charge on any atom is 0.263 e. The Balaban J connectivity index is 2.41. The number of carbonyl (C=O) groups excluding carboxylic acids is 1. The van der Waals surface area contributed by atoms with Crippen LogP contribution < -0.4 is 10.9 Å². The van der Waals surface area contributed by atoms with Gasteiger partial charge in [0.05, 0.1) is 10.6 Å². The number of hydrogen-bond acceptors (Lipinski definition) is 5. The smallest absolute Gasteiger partial charge is 0.263 e. The van der Waals surface area contributed by atoms with Crippen LogP contribution in [0.25, 0.3) is 10.2 Å². The second kappa shape index (κ2) is 8.57. The molecule has 0 saturated carbocycles. The van der Waals surface area contributed by atoms with Crippen molar-refractivity contribution in [2.45, 2.75) is 65.4 Å². The topological polar surface area (TPSA) is 64.0 Å². The Morgan fingerprint density at radius 2 is 1.85 bits per heavy atom. The molecule has 2 heterocycles. The summed E-state index contributed by atoms with van der Waals surface area (Å²) >= 11 is 2.91. The van der Waals surface area contributed by atoms with Crippen LogP contribution in [0.2, 0.25) is 0 Å². The maximum absolute atomic E-state index is 13.1.